The number of fused-ring (bicyclic) bond motifs is 1. The Bertz CT molecular complexity index is 1210. The first kappa shape index (κ1) is 18.5. The number of thioether (sulfide) groups is 1. The van der Waals surface area contributed by atoms with Crippen LogP contribution >= 0.6 is 23.1 Å². The molecule has 0 aliphatic heterocycles. The van der Waals surface area contributed by atoms with Gasteiger partial charge in [-0.15, -0.1) is 10.2 Å². The third-order valence-corrected chi connectivity index (χ3v) is 6.92. The van der Waals surface area contributed by atoms with E-state index in [9.17, 15) is 4.79 Å². The van der Waals surface area contributed by atoms with Crippen molar-refractivity contribution in [1.29, 1.82) is 0 Å². The molecule has 0 N–H and O–H groups in total. The summed E-state index contributed by atoms with van der Waals surface area (Å²) < 4.78 is 3.60. The van der Waals surface area contributed by atoms with Crippen molar-refractivity contribution in [2.24, 2.45) is 0 Å². The zero-order chi connectivity index (χ0) is 19.8. The highest BCUT2D eigenvalue weighted by Crippen LogP contribution is 2.40. The SMILES string of the molecule is CCc1nn2c(=O)cc(CSc3nnc(C4CC4)n3Cc3ccccc3)nc2s1. The van der Waals surface area contributed by atoms with Gasteiger partial charge in [0, 0.05) is 17.7 Å². The minimum atomic E-state index is -0.133. The first-order chi connectivity index (χ1) is 14.2. The molecule has 5 rings (SSSR count). The Labute approximate surface area is 175 Å². The molecule has 0 unspecified atom stereocenters. The maximum atomic E-state index is 12.4. The van der Waals surface area contributed by atoms with Crippen LogP contribution in [0.1, 0.15) is 47.8 Å². The van der Waals surface area contributed by atoms with Gasteiger partial charge in [-0.2, -0.15) is 9.61 Å². The fraction of sp³-hybridized carbons (Fsp3) is 0.350. The summed E-state index contributed by atoms with van der Waals surface area (Å²) in [5.41, 5.74) is 1.84. The Morgan fingerprint density at radius 3 is 2.79 bits per heavy atom. The Morgan fingerprint density at radius 1 is 1.21 bits per heavy atom. The van der Waals surface area contributed by atoms with Crippen molar-refractivity contribution < 1.29 is 0 Å². The highest BCUT2D eigenvalue weighted by molar-refractivity contribution is 7.98. The number of benzene rings is 1. The van der Waals surface area contributed by atoms with Crippen molar-refractivity contribution in [3.05, 3.63) is 68.8 Å². The number of nitrogens with zero attached hydrogens (tertiary/aromatic N) is 6. The first-order valence-corrected chi connectivity index (χ1v) is 11.5. The van der Waals surface area contributed by atoms with E-state index in [1.165, 1.54) is 34.3 Å². The molecule has 0 atom stereocenters. The first-order valence-electron chi connectivity index (χ1n) is 9.69. The van der Waals surface area contributed by atoms with Crippen LogP contribution in [-0.4, -0.2) is 29.4 Å². The molecular formula is C20H20N6OS2. The molecule has 4 aromatic rings. The molecule has 3 aromatic heterocycles. The van der Waals surface area contributed by atoms with Gasteiger partial charge in [-0.3, -0.25) is 4.79 Å². The lowest BCUT2D eigenvalue weighted by Gasteiger charge is -2.10. The van der Waals surface area contributed by atoms with Gasteiger partial charge >= 0.3 is 0 Å². The average Bonchev–Trinajstić information content (AvgIpc) is 3.36. The molecular weight excluding hydrogens is 404 g/mol. The van der Waals surface area contributed by atoms with Crippen LogP contribution in [0.25, 0.3) is 4.96 Å². The summed E-state index contributed by atoms with van der Waals surface area (Å²) in [4.78, 5) is 17.7. The number of hydrogen-bond donors (Lipinski definition) is 0. The van der Waals surface area contributed by atoms with Gasteiger partial charge in [0.1, 0.15) is 10.8 Å². The van der Waals surface area contributed by atoms with Crippen molar-refractivity contribution in [2.45, 2.75) is 49.6 Å². The van der Waals surface area contributed by atoms with E-state index < -0.39 is 0 Å². The lowest BCUT2D eigenvalue weighted by molar-refractivity contribution is 0.667. The quantitative estimate of drug-likeness (QED) is 0.423. The zero-order valence-corrected chi connectivity index (χ0v) is 17.6. The minimum Gasteiger partial charge on any atom is -0.301 e. The van der Waals surface area contributed by atoms with Gasteiger partial charge in [0.15, 0.2) is 5.16 Å². The second-order valence-electron chi connectivity index (χ2n) is 7.10. The summed E-state index contributed by atoms with van der Waals surface area (Å²) in [6.45, 7) is 2.78. The van der Waals surface area contributed by atoms with Gasteiger partial charge in [-0.1, -0.05) is 60.4 Å². The second-order valence-corrected chi connectivity index (χ2v) is 9.09. The minimum absolute atomic E-state index is 0.133. The van der Waals surface area contributed by atoms with Crippen molar-refractivity contribution in [3.8, 4) is 0 Å². The molecule has 1 aromatic carbocycles. The Balaban J connectivity index is 1.41. The monoisotopic (exact) mass is 424 g/mol. The molecule has 0 spiro atoms. The summed E-state index contributed by atoms with van der Waals surface area (Å²) in [6.07, 6.45) is 3.15. The van der Waals surface area contributed by atoms with E-state index in [-0.39, 0.29) is 5.56 Å². The van der Waals surface area contributed by atoms with Gasteiger partial charge in [-0.05, 0) is 24.8 Å². The molecule has 29 heavy (non-hydrogen) atoms. The van der Waals surface area contributed by atoms with Crippen LogP contribution in [0.5, 0.6) is 0 Å². The Kier molecular flexibility index (Phi) is 4.92. The second kappa shape index (κ2) is 7.72. The van der Waals surface area contributed by atoms with Crippen LogP contribution in [0.4, 0.5) is 0 Å². The van der Waals surface area contributed by atoms with Gasteiger partial charge in [0.2, 0.25) is 4.96 Å². The van der Waals surface area contributed by atoms with Crippen LogP contribution in [0.3, 0.4) is 0 Å². The van der Waals surface area contributed by atoms with Crippen molar-refractivity contribution in [1.82, 2.24) is 29.4 Å². The Morgan fingerprint density at radius 2 is 2.03 bits per heavy atom. The smallest absolute Gasteiger partial charge is 0.275 e. The topological polar surface area (TPSA) is 78.0 Å². The van der Waals surface area contributed by atoms with Crippen molar-refractivity contribution in [3.63, 3.8) is 0 Å². The highest BCUT2D eigenvalue weighted by atomic mass is 32.2. The molecule has 1 fully saturated rings. The van der Waals surface area contributed by atoms with E-state index in [0.29, 0.717) is 16.6 Å². The molecule has 0 radical (unpaired) electrons. The number of aryl methyl sites for hydroxylation is 1. The fourth-order valence-electron chi connectivity index (χ4n) is 3.22. The van der Waals surface area contributed by atoms with E-state index in [4.69, 9.17) is 0 Å². The number of rotatable bonds is 7. The van der Waals surface area contributed by atoms with E-state index >= 15 is 0 Å². The van der Waals surface area contributed by atoms with Crippen molar-refractivity contribution in [2.75, 3.05) is 0 Å². The molecule has 0 amide bonds. The fourth-order valence-corrected chi connectivity index (χ4v) is 4.91. The van der Waals surface area contributed by atoms with Crippen LogP contribution in [0, 0.1) is 0 Å². The van der Waals surface area contributed by atoms with E-state index in [1.807, 2.05) is 13.0 Å². The molecule has 1 saturated carbocycles. The predicted octanol–water partition coefficient (Wildman–Crippen LogP) is 3.52. The number of hydrogen-bond acceptors (Lipinski definition) is 7. The summed E-state index contributed by atoms with van der Waals surface area (Å²) in [5, 5.41) is 15.0. The molecule has 7 nitrogen and oxygen atoms in total. The summed E-state index contributed by atoms with van der Waals surface area (Å²) in [6, 6.07) is 11.9. The zero-order valence-electron chi connectivity index (χ0n) is 16.0. The van der Waals surface area contributed by atoms with Crippen LogP contribution in [-0.2, 0) is 18.7 Å². The third-order valence-electron chi connectivity index (χ3n) is 4.86. The predicted molar refractivity (Wildman–Crippen MR) is 114 cm³/mol. The van der Waals surface area contributed by atoms with Crippen LogP contribution in [0.15, 0.2) is 46.3 Å². The molecule has 148 valence electrons. The normalized spacial score (nSPS) is 14.0. The molecule has 9 heteroatoms. The summed E-state index contributed by atoms with van der Waals surface area (Å²) >= 11 is 3.04. The van der Waals surface area contributed by atoms with Gasteiger partial charge in [0.25, 0.3) is 5.56 Å². The lowest BCUT2D eigenvalue weighted by atomic mass is 10.2. The van der Waals surface area contributed by atoms with E-state index in [1.54, 1.807) is 17.8 Å². The van der Waals surface area contributed by atoms with Crippen LogP contribution < -0.4 is 5.56 Å². The molecule has 3 heterocycles. The molecule has 1 aliphatic rings. The van der Waals surface area contributed by atoms with Crippen LogP contribution in [0.2, 0.25) is 0 Å². The number of aromatic nitrogens is 6. The molecule has 1 aliphatic carbocycles. The van der Waals surface area contributed by atoms with E-state index in [0.717, 1.165) is 34.6 Å². The highest BCUT2D eigenvalue weighted by Gasteiger charge is 2.30. The molecule has 0 saturated heterocycles. The summed E-state index contributed by atoms with van der Waals surface area (Å²) in [7, 11) is 0. The standard InChI is InChI=1S/C20H20N6OS2/c1-2-16-24-26-17(27)10-15(21-19(26)29-16)12-28-20-23-22-18(14-8-9-14)25(20)11-13-6-4-3-5-7-13/h3-7,10,14H,2,8-9,11-12H2,1H3. The maximum absolute atomic E-state index is 12.4. The lowest BCUT2D eigenvalue weighted by Crippen LogP contribution is -2.15. The average molecular weight is 425 g/mol. The summed E-state index contributed by atoms with van der Waals surface area (Å²) in [5.74, 6) is 2.15. The van der Waals surface area contributed by atoms with Gasteiger partial charge < -0.3 is 4.57 Å². The van der Waals surface area contributed by atoms with E-state index in [2.05, 4.69) is 49.1 Å². The van der Waals surface area contributed by atoms with Gasteiger partial charge in [0.05, 0.1) is 12.2 Å². The largest absolute Gasteiger partial charge is 0.301 e. The molecule has 0 bridgehead atoms. The van der Waals surface area contributed by atoms with Crippen molar-refractivity contribution >= 4 is 28.1 Å². The van der Waals surface area contributed by atoms with Gasteiger partial charge in [-0.25, -0.2) is 4.98 Å². The Hall–Kier alpha value is -2.52. The third kappa shape index (κ3) is 3.84. The maximum Gasteiger partial charge on any atom is 0.275 e.